The van der Waals surface area contributed by atoms with Crippen molar-refractivity contribution < 1.29 is 13.2 Å². The normalized spacial score (nSPS) is 15.6. The molecule has 1 aromatic rings. The van der Waals surface area contributed by atoms with Gasteiger partial charge in [0.1, 0.15) is 5.82 Å². The first kappa shape index (κ1) is 11.8. The molecule has 17 heavy (non-hydrogen) atoms. The van der Waals surface area contributed by atoms with Crippen LogP contribution in [0, 0.1) is 0 Å². The number of nitrogens with one attached hydrogen (secondary N) is 1. The molecule has 0 bridgehead atoms. The fourth-order valence-corrected chi connectivity index (χ4v) is 1.76. The van der Waals surface area contributed by atoms with Gasteiger partial charge in [-0.15, -0.1) is 0 Å². The van der Waals surface area contributed by atoms with Crippen LogP contribution in [0.15, 0.2) is 11.4 Å². The van der Waals surface area contributed by atoms with Gasteiger partial charge in [0.25, 0.3) is 5.91 Å². The number of sulfone groups is 1. The smallest absolute Gasteiger partial charge is 0.254 e. The van der Waals surface area contributed by atoms with E-state index in [1.54, 1.807) is 0 Å². The molecule has 0 saturated heterocycles. The Morgan fingerprint density at radius 3 is 2.65 bits per heavy atom. The fraction of sp³-hybridized carbons (Fsp3) is 0.444. The molecular formula is C9H12N4O3S. The molecular weight excluding hydrogens is 244 g/mol. The van der Waals surface area contributed by atoms with E-state index in [1.165, 1.54) is 0 Å². The van der Waals surface area contributed by atoms with Crippen molar-refractivity contribution in [3.05, 3.63) is 11.8 Å². The van der Waals surface area contributed by atoms with E-state index in [0.717, 1.165) is 25.3 Å². The summed E-state index contributed by atoms with van der Waals surface area (Å²) in [7, 11) is -3.50. The molecule has 0 atom stereocenters. The molecule has 7 nitrogen and oxygen atoms in total. The average Bonchev–Trinajstić information content (AvgIpc) is 2.99. The number of hydrogen-bond donors (Lipinski definition) is 2. The van der Waals surface area contributed by atoms with Crippen LogP contribution in [0.3, 0.4) is 0 Å². The average molecular weight is 256 g/mol. The molecule has 1 aromatic heterocycles. The molecule has 0 unspecified atom stereocenters. The van der Waals surface area contributed by atoms with Gasteiger partial charge in [0.2, 0.25) is 15.0 Å². The standard InChI is InChI=1S/C9H12N4O3S/c1-17(15,16)9-11-4-6(7(10)14)8(13-9)12-5-2-3-5/h4-5H,2-3H2,1H3,(H2,10,14)(H,11,12,13). The Balaban J connectivity index is 2.45. The predicted molar refractivity (Wildman–Crippen MR) is 60.3 cm³/mol. The second-order valence-electron chi connectivity index (χ2n) is 3.97. The van der Waals surface area contributed by atoms with E-state index in [2.05, 4.69) is 15.3 Å². The lowest BCUT2D eigenvalue weighted by molar-refractivity contribution is 0.1000. The van der Waals surface area contributed by atoms with Crippen molar-refractivity contribution in [3.8, 4) is 0 Å². The summed E-state index contributed by atoms with van der Waals surface area (Å²) in [5.74, 6) is -0.497. The highest BCUT2D eigenvalue weighted by Crippen LogP contribution is 2.25. The minimum absolute atomic E-state index is 0.101. The number of primary amides is 1. The third-order valence-corrected chi connectivity index (χ3v) is 3.14. The monoisotopic (exact) mass is 256 g/mol. The lowest BCUT2D eigenvalue weighted by Gasteiger charge is -2.08. The van der Waals surface area contributed by atoms with Crippen LogP contribution < -0.4 is 11.1 Å². The molecule has 0 aliphatic heterocycles. The molecule has 1 saturated carbocycles. The number of amides is 1. The maximum absolute atomic E-state index is 11.3. The molecule has 1 fully saturated rings. The number of anilines is 1. The maximum atomic E-state index is 11.3. The third-order valence-electron chi connectivity index (χ3n) is 2.28. The van der Waals surface area contributed by atoms with Crippen LogP contribution in [0.4, 0.5) is 5.82 Å². The van der Waals surface area contributed by atoms with Crippen LogP contribution in [0.1, 0.15) is 23.2 Å². The highest BCUT2D eigenvalue weighted by Gasteiger charge is 2.25. The lowest BCUT2D eigenvalue weighted by Crippen LogP contribution is -2.18. The SMILES string of the molecule is CS(=O)(=O)c1ncc(C(N)=O)c(NC2CC2)n1. The Kier molecular flexibility index (Phi) is 2.74. The number of hydrogen-bond acceptors (Lipinski definition) is 6. The molecule has 2 rings (SSSR count). The van der Waals surface area contributed by atoms with Gasteiger partial charge in [-0.1, -0.05) is 0 Å². The van der Waals surface area contributed by atoms with Crippen LogP contribution in [0.2, 0.25) is 0 Å². The number of carbonyl (C=O) groups excluding carboxylic acids is 1. The van der Waals surface area contributed by atoms with Gasteiger partial charge in [0, 0.05) is 18.5 Å². The summed E-state index contributed by atoms with van der Waals surface area (Å²) < 4.78 is 22.6. The zero-order chi connectivity index (χ0) is 12.6. The first-order valence-electron chi connectivity index (χ1n) is 5.01. The van der Waals surface area contributed by atoms with Gasteiger partial charge >= 0.3 is 0 Å². The zero-order valence-corrected chi connectivity index (χ0v) is 9.99. The maximum Gasteiger partial charge on any atom is 0.254 e. The van der Waals surface area contributed by atoms with Gasteiger partial charge in [-0.25, -0.2) is 18.4 Å². The Bertz CT molecular complexity index is 566. The lowest BCUT2D eigenvalue weighted by atomic mass is 10.3. The highest BCUT2D eigenvalue weighted by molar-refractivity contribution is 7.90. The van der Waals surface area contributed by atoms with Crippen molar-refractivity contribution in [1.29, 1.82) is 0 Å². The Labute approximate surface area is 98.4 Å². The Morgan fingerprint density at radius 1 is 1.53 bits per heavy atom. The van der Waals surface area contributed by atoms with E-state index < -0.39 is 15.7 Å². The molecule has 0 spiro atoms. The van der Waals surface area contributed by atoms with Crippen molar-refractivity contribution in [2.45, 2.75) is 24.0 Å². The summed E-state index contributed by atoms with van der Waals surface area (Å²) in [6, 6.07) is 0.232. The predicted octanol–water partition coefficient (Wildman–Crippen LogP) is -0.447. The number of rotatable bonds is 4. The van der Waals surface area contributed by atoms with Gasteiger partial charge in [-0.05, 0) is 12.8 Å². The van der Waals surface area contributed by atoms with Crippen molar-refractivity contribution in [2.24, 2.45) is 5.73 Å². The number of nitrogens with zero attached hydrogens (tertiary/aromatic N) is 2. The van der Waals surface area contributed by atoms with Crippen molar-refractivity contribution in [3.63, 3.8) is 0 Å². The van der Waals surface area contributed by atoms with E-state index in [1.807, 2.05) is 0 Å². The number of aromatic nitrogens is 2. The van der Waals surface area contributed by atoms with Gasteiger partial charge in [0.15, 0.2) is 0 Å². The summed E-state index contributed by atoms with van der Waals surface area (Å²) in [6.07, 6.45) is 4.08. The van der Waals surface area contributed by atoms with Crippen LogP contribution >= 0.6 is 0 Å². The van der Waals surface area contributed by atoms with Crippen molar-refractivity contribution in [1.82, 2.24) is 9.97 Å². The van der Waals surface area contributed by atoms with E-state index >= 15 is 0 Å². The van der Waals surface area contributed by atoms with E-state index in [9.17, 15) is 13.2 Å². The minimum Gasteiger partial charge on any atom is -0.367 e. The Morgan fingerprint density at radius 2 is 2.18 bits per heavy atom. The number of nitrogens with two attached hydrogens (primary N) is 1. The van der Waals surface area contributed by atoms with Gasteiger partial charge in [0.05, 0.1) is 5.56 Å². The van der Waals surface area contributed by atoms with Crippen LogP contribution in [-0.2, 0) is 9.84 Å². The molecule has 1 heterocycles. The molecule has 0 radical (unpaired) electrons. The highest BCUT2D eigenvalue weighted by atomic mass is 32.2. The largest absolute Gasteiger partial charge is 0.367 e. The fourth-order valence-electron chi connectivity index (χ4n) is 1.26. The molecule has 8 heteroatoms. The van der Waals surface area contributed by atoms with Crippen LogP contribution in [0.5, 0.6) is 0 Å². The zero-order valence-electron chi connectivity index (χ0n) is 9.17. The topological polar surface area (TPSA) is 115 Å². The van der Waals surface area contributed by atoms with Crippen molar-refractivity contribution >= 4 is 21.6 Å². The molecule has 1 amide bonds. The molecule has 1 aliphatic rings. The second-order valence-corrected chi connectivity index (χ2v) is 5.88. The first-order chi connectivity index (χ1) is 7.88. The quantitative estimate of drug-likeness (QED) is 0.705. The minimum atomic E-state index is -3.50. The van der Waals surface area contributed by atoms with E-state index in [0.29, 0.717) is 0 Å². The summed E-state index contributed by atoms with van der Waals surface area (Å²) in [6.45, 7) is 0. The molecule has 3 N–H and O–H groups in total. The summed E-state index contributed by atoms with van der Waals surface area (Å²) in [5.41, 5.74) is 5.26. The van der Waals surface area contributed by atoms with Crippen LogP contribution in [-0.4, -0.2) is 36.6 Å². The van der Waals surface area contributed by atoms with Crippen molar-refractivity contribution in [2.75, 3.05) is 11.6 Å². The van der Waals surface area contributed by atoms with Gasteiger partial charge in [-0.2, -0.15) is 0 Å². The second kappa shape index (κ2) is 3.95. The van der Waals surface area contributed by atoms with Crippen LogP contribution in [0.25, 0.3) is 0 Å². The summed E-state index contributed by atoms with van der Waals surface area (Å²) >= 11 is 0. The molecule has 92 valence electrons. The van der Waals surface area contributed by atoms with Gasteiger partial charge < -0.3 is 11.1 Å². The molecule has 0 aromatic carbocycles. The molecule has 1 aliphatic carbocycles. The van der Waals surface area contributed by atoms with E-state index in [-0.39, 0.29) is 22.6 Å². The Hall–Kier alpha value is -1.70. The van der Waals surface area contributed by atoms with E-state index in [4.69, 9.17) is 5.73 Å². The number of carbonyl (C=O) groups is 1. The first-order valence-corrected chi connectivity index (χ1v) is 6.90. The summed E-state index contributed by atoms with van der Waals surface area (Å²) in [4.78, 5) is 18.6. The summed E-state index contributed by atoms with van der Waals surface area (Å²) in [5, 5.41) is 2.65. The third kappa shape index (κ3) is 2.70. The van der Waals surface area contributed by atoms with Gasteiger partial charge in [-0.3, -0.25) is 4.79 Å².